The van der Waals surface area contributed by atoms with Gasteiger partial charge in [-0.25, -0.2) is 0 Å². The number of nitrogens with zero attached hydrogens (tertiary/aromatic N) is 2. The van der Waals surface area contributed by atoms with E-state index < -0.39 is 5.97 Å². The number of hydrogen-bond acceptors (Lipinski definition) is 4. The lowest BCUT2D eigenvalue weighted by molar-refractivity contribution is -0.137. The molecule has 1 fully saturated rings. The summed E-state index contributed by atoms with van der Waals surface area (Å²) in [5, 5.41) is 13.7. The highest BCUT2D eigenvalue weighted by Gasteiger charge is 2.32. The van der Waals surface area contributed by atoms with E-state index in [0.717, 1.165) is 37.0 Å². The van der Waals surface area contributed by atoms with Gasteiger partial charge in [-0.2, -0.15) is 0 Å². The molecule has 1 saturated carbocycles. The first-order valence-corrected chi connectivity index (χ1v) is 9.50. The van der Waals surface area contributed by atoms with E-state index in [4.69, 9.17) is 32.8 Å². The number of halogens is 2. The summed E-state index contributed by atoms with van der Waals surface area (Å²) in [6.45, 7) is 6.00. The van der Waals surface area contributed by atoms with Crippen molar-refractivity contribution in [3.05, 3.63) is 53.0 Å². The summed E-state index contributed by atoms with van der Waals surface area (Å²) in [7, 11) is 0. The van der Waals surface area contributed by atoms with Crippen LogP contribution in [0.25, 0.3) is 17.3 Å². The predicted molar refractivity (Wildman–Crippen MR) is 108 cm³/mol. The van der Waals surface area contributed by atoms with E-state index in [0.29, 0.717) is 33.6 Å². The SMILES string of the molecule is C=C.O=C(O)CCCC/C=C/c1c(-c2c(Cl)cncc2Cl)noc1C1CC1. The van der Waals surface area contributed by atoms with Crippen molar-refractivity contribution in [2.45, 2.75) is 44.4 Å². The number of rotatable bonds is 8. The third kappa shape index (κ3) is 5.68. The summed E-state index contributed by atoms with van der Waals surface area (Å²) < 4.78 is 5.58. The lowest BCUT2D eigenvalue weighted by atomic mass is 10.0. The lowest BCUT2D eigenvalue weighted by Crippen LogP contribution is -1.93. The Balaban J connectivity index is 0.00000126. The predicted octanol–water partition coefficient (Wildman–Crippen LogP) is 6.38. The first kappa shape index (κ1) is 21.2. The lowest BCUT2D eigenvalue weighted by Gasteiger charge is -2.04. The molecule has 0 bridgehead atoms. The van der Waals surface area contributed by atoms with Gasteiger partial charge in [-0.15, -0.1) is 13.2 Å². The summed E-state index contributed by atoms with van der Waals surface area (Å²) in [5.41, 5.74) is 2.15. The van der Waals surface area contributed by atoms with Crippen molar-refractivity contribution in [1.29, 1.82) is 0 Å². The Morgan fingerprint density at radius 3 is 2.52 bits per heavy atom. The molecule has 1 aliphatic carbocycles. The minimum absolute atomic E-state index is 0.196. The molecule has 2 heterocycles. The molecule has 0 spiro atoms. The van der Waals surface area contributed by atoms with Gasteiger partial charge >= 0.3 is 5.97 Å². The minimum Gasteiger partial charge on any atom is -0.481 e. The zero-order chi connectivity index (χ0) is 19.8. The van der Waals surface area contributed by atoms with Crippen LogP contribution in [0, 0.1) is 0 Å². The van der Waals surface area contributed by atoms with Gasteiger partial charge in [-0.05, 0) is 32.1 Å². The monoisotopic (exact) mass is 408 g/mol. The fourth-order valence-electron chi connectivity index (χ4n) is 2.67. The molecule has 7 heteroatoms. The second kappa shape index (κ2) is 10.3. The van der Waals surface area contributed by atoms with Crippen LogP contribution in [0.3, 0.4) is 0 Å². The highest BCUT2D eigenvalue weighted by Crippen LogP contribution is 2.46. The van der Waals surface area contributed by atoms with E-state index in [2.05, 4.69) is 23.3 Å². The second-order valence-corrected chi connectivity index (χ2v) is 6.92. The molecule has 2 aromatic heterocycles. The highest BCUT2D eigenvalue weighted by molar-refractivity contribution is 6.39. The van der Waals surface area contributed by atoms with Gasteiger partial charge in [0.1, 0.15) is 11.5 Å². The van der Waals surface area contributed by atoms with Crippen LogP contribution in [-0.4, -0.2) is 21.2 Å². The number of aliphatic carboxylic acids is 1. The molecular weight excluding hydrogens is 387 g/mol. The van der Waals surface area contributed by atoms with Crippen molar-refractivity contribution in [2.75, 3.05) is 0 Å². The molecule has 1 N–H and O–H groups in total. The Hall–Kier alpha value is -2.11. The Morgan fingerprint density at radius 1 is 1.26 bits per heavy atom. The van der Waals surface area contributed by atoms with Crippen LogP contribution in [0.15, 0.2) is 36.2 Å². The van der Waals surface area contributed by atoms with E-state index in [1.807, 2.05) is 12.2 Å². The van der Waals surface area contributed by atoms with Crippen LogP contribution in [0.1, 0.15) is 55.8 Å². The minimum atomic E-state index is -0.761. The number of unbranched alkanes of at least 4 members (excludes halogenated alkanes) is 2. The van der Waals surface area contributed by atoms with Crippen LogP contribution in [0.5, 0.6) is 0 Å². The fourth-order valence-corrected chi connectivity index (χ4v) is 3.21. The number of pyridine rings is 1. The topological polar surface area (TPSA) is 76.2 Å². The van der Waals surface area contributed by atoms with Crippen molar-refractivity contribution < 1.29 is 14.4 Å². The quantitative estimate of drug-likeness (QED) is 0.404. The Morgan fingerprint density at radius 2 is 1.93 bits per heavy atom. The molecule has 5 nitrogen and oxygen atoms in total. The maximum Gasteiger partial charge on any atom is 0.303 e. The van der Waals surface area contributed by atoms with Gasteiger partial charge in [-0.3, -0.25) is 9.78 Å². The van der Waals surface area contributed by atoms with Crippen molar-refractivity contribution in [3.8, 4) is 11.3 Å². The van der Waals surface area contributed by atoms with Crippen molar-refractivity contribution in [2.24, 2.45) is 0 Å². The maximum atomic E-state index is 10.5. The van der Waals surface area contributed by atoms with Crippen molar-refractivity contribution in [3.63, 3.8) is 0 Å². The number of carboxylic acid groups (broad SMARTS) is 1. The average Bonchev–Trinajstić information content (AvgIpc) is 3.41. The fraction of sp³-hybridized carbons (Fsp3) is 0.350. The average molecular weight is 409 g/mol. The van der Waals surface area contributed by atoms with Crippen LogP contribution < -0.4 is 0 Å². The molecule has 2 aromatic rings. The number of aromatic nitrogens is 2. The summed E-state index contributed by atoms with van der Waals surface area (Å²) in [6.07, 6.45) is 11.7. The van der Waals surface area contributed by atoms with Crippen molar-refractivity contribution in [1.82, 2.24) is 10.1 Å². The maximum absolute atomic E-state index is 10.5. The molecule has 1 aliphatic rings. The van der Waals surface area contributed by atoms with Gasteiger partial charge in [0.2, 0.25) is 0 Å². The molecular formula is C20H22Cl2N2O3. The summed E-state index contributed by atoms with van der Waals surface area (Å²) in [5.74, 6) is 0.497. The molecule has 0 radical (unpaired) electrons. The smallest absolute Gasteiger partial charge is 0.303 e. The summed E-state index contributed by atoms with van der Waals surface area (Å²) in [4.78, 5) is 14.5. The Labute approximate surface area is 168 Å². The largest absolute Gasteiger partial charge is 0.481 e. The molecule has 0 amide bonds. The number of carbonyl (C=O) groups is 1. The van der Waals surface area contributed by atoms with E-state index in [1.54, 1.807) is 0 Å². The van der Waals surface area contributed by atoms with E-state index in [9.17, 15) is 4.79 Å². The van der Waals surface area contributed by atoms with Crippen LogP contribution in [0.2, 0.25) is 10.0 Å². The zero-order valence-corrected chi connectivity index (χ0v) is 16.5. The van der Waals surface area contributed by atoms with Gasteiger partial charge in [0, 0.05) is 35.9 Å². The third-order valence-electron chi connectivity index (χ3n) is 4.09. The van der Waals surface area contributed by atoms with E-state index in [-0.39, 0.29) is 6.42 Å². The molecule has 0 saturated heterocycles. The number of carboxylic acids is 1. The highest BCUT2D eigenvalue weighted by atomic mass is 35.5. The molecule has 27 heavy (non-hydrogen) atoms. The van der Waals surface area contributed by atoms with Crippen LogP contribution in [-0.2, 0) is 4.79 Å². The summed E-state index contributed by atoms with van der Waals surface area (Å²) >= 11 is 12.5. The number of allylic oxidation sites excluding steroid dienone is 1. The van der Waals surface area contributed by atoms with Crippen molar-refractivity contribution >= 4 is 35.2 Å². The Kier molecular flexibility index (Phi) is 8.07. The molecule has 0 aromatic carbocycles. The molecule has 0 aliphatic heterocycles. The van der Waals surface area contributed by atoms with E-state index >= 15 is 0 Å². The summed E-state index contributed by atoms with van der Waals surface area (Å²) in [6, 6.07) is 0. The first-order valence-electron chi connectivity index (χ1n) is 8.75. The van der Waals surface area contributed by atoms with Crippen LogP contribution >= 0.6 is 23.2 Å². The van der Waals surface area contributed by atoms with Gasteiger partial charge in [-0.1, -0.05) is 40.5 Å². The van der Waals surface area contributed by atoms with Gasteiger partial charge < -0.3 is 9.63 Å². The van der Waals surface area contributed by atoms with E-state index in [1.165, 1.54) is 12.4 Å². The van der Waals surface area contributed by atoms with Gasteiger partial charge in [0.15, 0.2) is 0 Å². The molecule has 0 atom stereocenters. The van der Waals surface area contributed by atoms with Gasteiger partial charge in [0.25, 0.3) is 0 Å². The zero-order valence-electron chi connectivity index (χ0n) is 15.0. The normalized spacial score (nSPS) is 13.4. The molecule has 144 valence electrons. The molecule has 3 rings (SSSR count). The van der Waals surface area contributed by atoms with Crippen LogP contribution in [0.4, 0.5) is 0 Å². The Bertz CT molecular complexity index is 793. The third-order valence-corrected chi connectivity index (χ3v) is 4.66. The van der Waals surface area contributed by atoms with Gasteiger partial charge in [0.05, 0.1) is 10.0 Å². The number of hydrogen-bond donors (Lipinski definition) is 1. The molecule has 0 unspecified atom stereocenters. The standard InChI is InChI=1S/C18H18Cl2N2O3.C2H4/c19-13-9-21-10-14(20)16(13)17-12(18(25-22-17)11-7-8-11)5-3-1-2-4-6-15(23)24;1-2/h3,5,9-11H,1-2,4,6-8H2,(H,23,24);1-2H2/b5-3+;. The first-order chi connectivity index (χ1) is 13.1. The second-order valence-electron chi connectivity index (χ2n) is 6.10.